The van der Waals surface area contributed by atoms with Crippen LogP contribution in [0.3, 0.4) is 0 Å². The molecule has 3 nitrogen and oxygen atoms in total. The third kappa shape index (κ3) is 3.63. The van der Waals surface area contributed by atoms with Crippen LogP contribution in [0, 0.1) is 5.92 Å². The number of hydrogen-bond acceptors (Lipinski definition) is 2. The second kappa shape index (κ2) is 8.46. The smallest absolute Gasteiger partial charge is 0.335 e. The number of anilines is 1. The van der Waals surface area contributed by atoms with E-state index in [0.29, 0.717) is 29.4 Å². The molecule has 0 bridgehead atoms. The lowest BCUT2D eigenvalue weighted by atomic mass is 9.71. The van der Waals surface area contributed by atoms with Crippen LogP contribution in [0.2, 0.25) is 0 Å². The lowest BCUT2D eigenvalue weighted by Crippen LogP contribution is -2.43. The number of halogens is 1. The molecule has 0 amide bonds. The highest BCUT2D eigenvalue weighted by Gasteiger charge is 2.45. The minimum absolute atomic E-state index is 0.298. The van der Waals surface area contributed by atoms with Gasteiger partial charge in [0.2, 0.25) is 0 Å². The molecule has 0 spiro atoms. The van der Waals surface area contributed by atoms with Gasteiger partial charge in [0.25, 0.3) is 0 Å². The van der Waals surface area contributed by atoms with Crippen LogP contribution in [0.4, 0.5) is 5.69 Å². The van der Waals surface area contributed by atoms with Crippen molar-refractivity contribution in [3.05, 3.63) is 75.3 Å². The summed E-state index contributed by atoms with van der Waals surface area (Å²) in [5.41, 5.74) is 5.67. The van der Waals surface area contributed by atoms with Crippen molar-refractivity contribution >= 4 is 27.6 Å². The summed E-state index contributed by atoms with van der Waals surface area (Å²) in [6, 6.07) is 13.1. The summed E-state index contributed by atoms with van der Waals surface area (Å²) in [7, 11) is 0. The van der Waals surface area contributed by atoms with Crippen molar-refractivity contribution in [3.63, 3.8) is 0 Å². The number of unbranched alkanes of at least 4 members (excludes halogenated alkanes) is 2. The molecule has 0 saturated carbocycles. The highest BCUT2D eigenvalue weighted by Crippen LogP contribution is 2.57. The van der Waals surface area contributed by atoms with Crippen molar-refractivity contribution in [1.29, 1.82) is 0 Å². The molecule has 0 unspecified atom stereocenters. The Kier molecular flexibility index (Phi) is 5.68. The number of hydrogen-bond donors (Lipinski definition) is 1. The molecule has 162 valence electrons. The third-order valence-electron chi connectivity index (χ3n) is 7.54. The average molecular weight is 480 g/mol. The fraction of sp³-hybridized carbons (Fsp3) is 0.444. The fourth-order valence-corrected chi connectivity index (χ4v) is 6.40. The van der Waals surface area contributed by atoms with E-state index in [1.165, 1.54) is 41.6 Å². The number of benzene rings is 2. The van der Waals surface area contributed by atoms with Gasteiger partial charge in [-0.25, -0.2) is 4.79 Å². The first-order chi connectivity index (χ1) is 15.1. The van der Waals surface area contributed by atoms with Gasteiger partial charge >= 0.3 is 5.97 Å². The van der Waals surface area contributed by atoms with E-state index in [4.69, 9.17) is 0 Å². The monoisotopic (exact) mass is 479 g/mol. The molecule has 5 rings (SSSR count). The quantitative estimate of drug-likeness (QED) is 0.345. The number of carboxylic acid groups (broad SMARTS) is 1. The molecule has 2 aliphatic heterocycles. The molecule has 4 heteroatoms. The Hall–Kier alpha value is -2.07. The fourth-order valence-electron chi connectivity index (χ4n) is 6.13. The minimum atomic E-state index is -0.808. The van der Waals surface area contributed by atoms with Crippen LogP contribution in [0.5, 0.6) is 0 Å². The number of fused-ring (bicyclic) bond motifs is 2. The normalized spacial score (nSPS) is 25.9. The Labute approximate surface area is 193 Å². The van der Waals surface area contributed by atoms with E-state index >= 15 is 0 Å². The number of rotatable bonds is 6. The Morgan fingerprint density at radius 2 is 1.94 bits per heavy atom. The number of carbonyl (C=O) groups is 1. The first-order valence-corrected chi connectivity index (χ1v) is 12.5. The van der Waals surface area contributed by atoms with Crippen LogP contribution in [-0.4, -0.2) is 17.6 Å². The van der Waals surface area contributed by atoms with Gasteiger partial charge in [-0.1, -0.05) is 66.4 Å². The van der Waals surface area contributed by atoms with Crippen molar-refractivity contribution in [3.8, 4) is 0 Å². The number of carboxylic acids is 1. The summed E-state index contributed by atoms with van der Waals surface area (Å²) in [6.45, 7) is 3.29. The highest BCUT2D eigenvalue weighted by molar-refractivity contribution is 9.10. The SMILES string of the molecule is CCCCC[C@@H]1CCN2c3c1cc(C(=O)O)cc3[C@@H]1C=CC[C@@H]1[C@@H]2c1ccc(Br)cc1. The topological polar surface area (TPSA) is 40.5 Å². The number of aromatic carboxylic acids is 1. The molecule has 0 fully saturated rings. The summed E-state index contributed by atoms with van der Waals surface area (Å²) >= 11 is 3.58. The Balaban J connectivity index is 1.64. The molecule has 31 heavy (non-hydrogen) atoms. The average Bonchev–Trinajstić information content (AvgIpc) is 3.26. The van der Waals surface area contributed by atoms with E-state index in [0.717, 1.165) is 30.3 Å². The summed E-state index contributed by atoms with van der Waals surface area (Å²) < 4.78 is 1.11. The first-order valence-electron chi connectivity index (χ1n) is 11.7. The largest absolute Gasteiger partial charge is 0.478 e. The van der Waals surface area contributed by atoms with Gasteiger partial charge in [0.15, 0.2) is 0 Å². The standard InChI is InChI=1S/C27H30BrNO2/c1-2-3-4-6-17-13-14-29-25(18-9-11-20(28)12-10-18)22-8-5-7-21(22)24-16-19(27(30)31)15-23(17)26(24)29/h5,7,9-12,15-17,21-22,25H,2-4,6,8,13-14H2,1H3,(H,30,31)/t17-,21-,22+,25+/m1/s1. The summed E-state index contributed by atoms with van der Waals surface area (Å²) in [5, 5.41) is 9.85. The van der Waals surface area contributed by atoms with E-state index in [2.05, 4.69) is 64.2 Å². The molecule has 0 radical (unpaired) electrons. The first kappa shape index (κ1) is 20.8. The van der Waals surface area contributed by atoms with E-state index in [9.17, 15) is 9.90 Å². The van der Waals surface area contributed by atoms with E-state index < -0.39 is 5.97 Å². The van der Waals surface area contributed by atoms with Gasteiger partial charge in [0.1, 0.15) is 0 Å². The molecule has 0 aromatic heterocycles. The van der Waals surface area contributed by atoms with Crippen molar-refractivity contribution in [1.82, 2.24) is 0 Å². The van der Waals surface area contributed by atoms with E-state index in [-0.39, 0.29) is 0 Å². The molecule has 2 heterocycles. The van der Waals surface area contributed by atoms with Crippen molar-refractivity contribution in [2.75, 3.05) is 11.4 Å². The maximum Gasteiger partial charge on any atom is 0.335 e. The lowest BCUT2D eigenvalue weighted by Gasteiger charge is -2.50. The molecule has 1 N–H and O–H groups in total. The molecule has 2 aromatic rings. The zero-order chi connectivity index (χ0) is 21.5. The Morgan fingerprint density at radius 1 is 1.16 bits per heavy atom. The van der Waals surface area contributed by atoms with Gasteiger partial charge in [-0.05, 0) is 72.1 Å². The predicted octanol–water partition coefficient (Wildman–Crippen LogP) is 7.44. The molecule has 3 aliphatic rings. The zero-order valence-corrected chi connectivity index (χ0v) is 19.6. The summed E-state index contributed by atoms with van der Waals surface area (Å²) in [5.74, 6) is 0.412. The van der Waals surface area contributed by atoms with Crippen LogP contribution in [0.15, 0.2) is 53.0 Å². The number of allylic oxidation sites excluding steroid dienone is 2. The van der Waals surface area contributed by atoms with E-state index in [1.807, 2.05) is 12.1 Å². The lowest BCUT2D eigenvalue weighted by molar-refractivity contribution is 0.0696. The van der Waals surface area contributed by atoms with Crippen LogP contribution >= 0.6 is 15.9 Å². The molecule has 2 aromatic carbocycles. The highest BCUT2D eigenvalue weighted by atomic mass is 79.9. The Bertz CT molecular complexity index is 1010. The van der Waals surface area contributed by atoms with Gasteiger partial charge in [0.05, 0.1) is 11.6 Å². The maximum atomic E-state index is 12.0. The predicted molar refractivity (Wildman–Crippen MR) is 129 cm³/mol. The summed E-state index contributed by atoms with van der Waals surface area (Å²) in [4.78, 5) is 14.6. The van der Waals surface area contributed by atoms with Crippen molar-refractivity contribution in [2.45, 2.75) is 63.3 Å². The second-order valence-corrected chi connectivity index (χ2v) is 10.2. The van der Waals surface area contributed by atoms with Crippen LogP contribution in [-0.2, 0) is 0 Å². The molecule has 0 saturated heterocycles. The molecule has 1 aliphatic carbocycles. The third-order valence-corrected chi connectivity index (χ3v) is 8.07. The van der Waals surface area contributed by atoms with Gasteiger partial charge in [-0.2, -0.15) is 0 Å². The zero-order valence-electron chi connectivity index (χ0n) is 18.1. The molecular weight excluding hydrogens is 450 g/mol. The van der Waals surface area contributed by atoms with Gasteiger partial charge in [0, 0.05) is 22.6 Å². The maximum absolute atomic E-state index is 12.0. The summed E-state index contributed by atoms with van der Waals surface area (Å²) in [6.07, 6.45) is 11.6. The van der Waals surface area contributed by atoms with E-state index in [1.54, 1.807) is 0 Å². The van der Waals surface area contributed by atoms with Gasteiger partial charge in [-0.3, -0.25) is 0 Å². The van der Waals surface area contributed by atoms with Crippen LogP contribution in [0.25, 0.3) is 0 Å². The minimum Gasteiger partial charge on any atom is -0.478 e. The van der Waals surface area contributed by atoms with Crippen molar-refractivity contribution < 1.29 is 9.90 Å². The van der Waals surface area contributed by atoms with Gasteiger partial charge in [-0.15, -0.1) is 0 Å². The van der Waals surface area contributed by atoms with Crippen LogP contribution < -0.4 is 4.90 Å². The van der Waals surface area contributed by atoms with Crippen molar-refractivity contribution in [2.24, 2.45) is 5.92 Å². The van der Waals surface area contributed by atoms with Gasteiger partial charge < -0.3 is 10.0 Å². The molecule has 4 atom stereocenters. The second-order valence-electron chi connectivity index (χ2n) is 9.33. The Morgan fingerprint density at radius 3 is 2.68 bits per heavy atom. The molecular formula is C27H30BrNO2. The number of nitrogens with zero attached hydrogens (tertiary/aromatic N) is 1. The van der Waals surface area contributed by atoms with Crippen LogP contribution in [0.1, 0.15) is 90.4 Å².